The minimum absolute atomic E-state index is 0.156. The molecule has 3 heterocycles. The standard InChI is InChI=1S/C24H24N6O/c1-16-26-11-8-23(29-16)30-19-2-4-20(5-3-19)31-22-15-18(17-6-9-25-10-7-17)14-21-24(22)28-13-12-27-21/h6-15,19-20H,2-5H2,1H3,(H,26,29,30)/t19-,20+. The number of nitrogens with one attached hydrogen (secondary N) is 1. The first kappa shape index (κ1) is 19.4. The second-order valence-corrected chi connectivity index (χ2v) is 7.86. The van der Waals surface area contributed by atoms with Crippen molar-refractivity contribution in [2.45, 2.75) is 44.8 Å². The second-order valence-electron chi connectivity index (χ2n) is 7.86. The Morgan fingerprint density at radius 3 is 2.45 bits per heavy atom. The molecule has 0 aliphatic heterocycles. The van der Waals surface area contributed by atoms with E-state index in [0.29, 0.717) is 6.04 Å². The molecule has 4 aromatic rings. The van der Waals surface area contributed by atoms with Crippen molar-refractivity contribution in [1.82, 2.24) is 24.9 Å². The van der Waals surface area contributed by atoms with E-state index in [9.17, 15) is 0 Å². The Labute approximate surface area is 181 Å². The van der Waals surface area contributed by atoms with Crippen LogP contribution in [0.4, 0.5) is 5.82 Å². The first-order chi connectivity index (χ1) is 15.2. The molecule has 156 valence electrons. The van der Waals surface area contributed by atoms with Gasteiger partial charge in [0.2, 0.25) is 0 Å². The number of aryl methyl sites for hydroxylation is 1. The van der Waals surface area contributed by atoms with Crippen LogP contribution in [-0.4, -0.2) is 37.1 Å². The van der Waals surface area contributed by atoms with E-state index in [4.69, 9.17) is 4.74 Å². The lowest BCUT2D eigenvalue weighted by atomic mass is 9.93. The Bertz CT molecular complexity index is 1180. The van der Waals surface area contributed by atoms with Crippen LogP contribution >= 0.6 is 0 Å². The van der Waals surface area contributed by atoms with Gasteiger partial charge < -0.3 is 10.1 Å². The topological polar surface area (TPSA) is 85.7 Å². The van der Waals surface area contributed by atoms with Crippen molar-refractivity contribution in [1.29, 1.82) is 0 Å². The third kappa shape index (κ3) is 4.45. The summed E-state index contributed by atoms with van der Waals surface area (Å²) in [5.41, 5.74) is 3.78. The molecule has 0 spiro atoms. The number of pyridine rings is 1. The number of ether oxygens (including phenoxy) is 1. The van der Waals surface area contributed by atoms with Crippen molar-refractivity contribution in [2.24, 2.45) is 0 Å². The molecule has 5 rings (SSSR count). The fourth-order valence-corrected chi connectivity index (χ4v) is 4.09. The summed E-state index contributed by atoms with van der Waals surface area (Å²) in [7, 11) is 0. The van der Waals surface area contributed by atoms with Crippen molar-refractivity contribution in [3.63, 3.8) is 0 Å². The van der Waals surface area contributed by atoms with E-state index in [1.54, 1.807) is 31.0 Å². The van der Waals surface area contributed by atoms with E-state index in [-0.39, 0.29) is 6.10 Å². The lowest BCUT2D eigenvalue weighted by Crippen LogP contribution is -2.31. The fourth-order valence-electron chi connectivity index (χ4n) is 4.09. The van der Waals surface area contributed by atoms with Crippen molar-refractivity contribution in [2.75, 3.05) is 5.32 Å². The van der Waals surface area contributed by atoms with E-state index in [1.165, 1.54) is 0 Å². The number of nitrogens with zero attached hydrogens (tertiary/aromatic N) is 5. The number of hydrogen-bond donors (Lipinski definition) is 1. The summed E-state index contributed by atoms with van der Waals surface area (Å²) in [6, 6.07) is 10.4. The van der Waals surface area contributed by atoms with E-state index in [1.807, 2.05) is 25.1 Å². The molecule has 1 fully saturated rings. The van der Waals surface area contributed by atoms with Crippen LogP contribution in [0.1, 0.15) is 31.5 Å². The van der Waals surface area contributed by atoms with Crippen LogP contribution < -0.4 is 10.1 Å². The van der Waals surface area contributed by atoms with E-state index < -0.39 is 0 Å². The minimum Gasteiger partial charge on any atom is -0.488 e. The Balaban J connectivity index is 1.32. The maximum atomic E-state index is 6.48. The molecule has 0 radical (unpaired) electrons. The lowest BCUT2D eigenvalue weighted by Gasteiger charge is -2.30. The molecule has 7 nitrogen and oxygen atoms in total. The molecule has 1 aliphatic rings. The summed E-state index contributed by atoms with van der Waals surface area (Å²) < 4.78 is 6.48. The largest absolute Gasteiger partial charge is 0.488 e. The molecule has 1 saturated carbocycles. The molecular weight excluding hydrogens is 388 g/mol. The van der Waals surface area contributed by atoms with Gasteiger partial charge >= 0.3 is 0 Å². The number of anilines is 1. The first-order valence-electron chi connectivity index (χ1n) is 10.6. The highest BCUT2D eigenvalue weighted by atomic mass is 16.5. The number of aromatic nitrogens is 5. The smallest absolute Gasteiger partial charge is 0.148 e. The predicted molar refractivity (Wildman–Crippen MR) is 120 cm³/mol. The third-order valence-electron chi connectivity index (χ3n) is 5.65. The van der Waals surface area contributed by atoms with Crippen LogP contribution in [0.2, 0.25) is 0 Å². The SMILES string of the molecule is Cc1nccc(N[C@H]2CC[C@@H](Oc3cc(-c4ccncc4)cc4nccnc34)CC2)n1. The van der Waals surface area contributed by atoms with Crippen molar-refractivity contribution in [3.05, 3.63) is 67.1 Å². The van der Waals surface area contributed by atoms with Crippen LogP contribution in [-0.2, 0) is 0 Å². The summed E-state index contributed by atoms with van der Waals surface area (Å²) in [6.07, 6.45) is 13.0. The summed E-state index contributed by atoms with van der Waals surface area (Å²) in [4.78, 5) is 21.8. The third-order valence-corrected chi connectivity index (χ3v) is 5.65. The maximum Gasteiger partial charge on any atom is 0.148 e. The second kappa shape index (κ2) is 8.63. The summed E-state index contributed by atoms with van der Waals surface area (Å²) in [6.45, 7) is 1.91. The summed E-state index contributed by atoms with van der Waals surface area (Å²) >= 11 is 0. The van der Waals surface area contributed by atoms with Crippen LogP contribution in [0.15, 0.2) is 61.3 Å². The van der Waals surface area contributed by atoms with Gasteiger partial charge in [-0.05, 0) is 74.1 Å². The highest BCUT2D eigenvalue weighted by Gasteiger charge is 2.24. The summed E-state index contributed by atoms with van der Waals surface area (Å²) in [5.74, 6) is 2.47. The number of benzene rings is 1. The van der Waals surface area contributed by atoms with Crippen LogP contribution in [0, 0.1) is 6.92 Å². The average Bonchev–Trinajstić information content (AvgIpc) is 2.81. The average molecular weight is 412 g/mol. The molecule has 1 aliphatic carbocycles. The Hall–Kier alpha value is -3.61. The van der Waals surface area contributed by atoms with Gasteiger partial charge in [0.1, 0.15) is 22.9 Å². The molecule has 1 aromatic carbocycles. The van der Waals surface area contributed by atoms with Gasteiger partial charge in [0.05, 0.1) is 11.6 Å². The van der Waals surface area contributed by atoms with Crippen molar-refractivity contribution >= 4 is 16.9 Å². The fraction of sp³-hybridized carbons (Fsp3) is 0.292. The maximum absolute atomic E-state index is 6.48. The molecule has 0 unspecified atom stereocenters. The zero-order chi connectivity index (χ0) is 21.0. The molecule has 0 bridgehead atoms. The van der Waals surface area contributed by atoms with Crippen LogP contribution in [0.5, 0.6) is 5.75 Å². The van der Waals surface area contributed by atoms with E-state index >= 15 is 0 Å². The molecule has 7 heteroatoms. The zero-order valence-corrected chi connectivity index (χ0v) is 17.4. The van der Waals surface area contributed by atoms with Crippen LogP contribution in [0.25, 0.3) is 22.2 Å². The quantitative estimate of drug-likeness (QED) is 0.513. The van der Waals surface area contributed by atoms with Gasteiger partial charge in [0.15, 0.2) is 0 Å². The van der Waals surface area contributed by atoms with Crippen molar-refractivity contribution in [3.8, 4) is 16.9 Å². The molecule has 0 atom stereocenters. The Kier molecular flexibility index (Phi) is 5.39. The first-order valence-corrected chi connectivity index (χ1v) is 10.6. The van der Waals surface area contributed by atoms with Gasteiger partial charge in [-0.25, -0.2) is 15.0 Å². The monoisotopic (exact) mass is 412 g/mol. The Morgan fingerprint density at radius 2 is 1.65 bits per heavy atom. The van der Waals surface area contributed by atoms with E-state index in [2.05, 4.69) is 42.4 Å². The lowest BCUT2D eigenvalue weighted by molar-refractivity contribution is 0.152. The number of hydrogen-bond acceptors (Lipinski definition) is 7. The normalized spacial score (nSPS) is 18.6. The molecule has 31 heavy (non-hydrogen) atoms. The van der Waals surface area contributed by atoms with Gasteiger partial charge in [-0.2, -0.15) is 0 Å². The number of rotatable bonds is 5. The van der Waals surface area contributed by atoms with Crippen LogP contribution in [0.3, 0.4) is 0 Å². The molecule has 0 amide bonds. The number of fused-ring (bicyclic) bond motifs is 1. The molecular formula is C24H24N6O. The summed E-state index contributed by atoms with van der Waals surface area (Å²) in [5, 5.41) is 3.53. The van der Waals surface area contributed by atoms with Gasteiger partial charge in [-0.1, -0.05) is 0 Å². The predicted octanol–water partition coefficient (Wildman–Crippen LogP) is 4.59. The van der Waals surface area contributed by atoms with E-state index in [0.717, 1.165) is 65.2 Å². The van der Waals surface area contributed by atoms with Gasteiger partial charge in [0.25, 0.3) is 0 Å². The van der Waals surface area contributed by atoms with Crippen molar-refractivity contribution < 1.29 is 4.74 Å². The van der Waals surface area contributed by atoms with Gasteiger partial charge in [-0.15, -0.1) is 0 Å². The zero-order valence-electron chi connectivity index (χ0n) is 17.4. The van der Waals surface area contributed by atoms with Gasteiger partial charge in [0, 0.05) is 37.0 Å². The highest BCUT2D eigenvalue weighted by molar-refractivity contribution is 5.86. The highest BCUT2D eigenvalue weighted by Crippen LogP contribution is 2.33. The molecule has 3 aromatic heterocycles. The Morgan fingerprint density at radius 1 is 0.839 bits per heavy atom. The minimum atomic E-state index is 0.156. The molecule has 0 saturated heterocycles. The van der Waals surface area contributed by atoms with Gasteiger partial charge in [-0.3, -0.25) is 9.97 Å². The molecule has 1 N–H and O–H groups in total.